The number of hydrogen-bond donors (Lipinski definition) is 2. The zero-order valence-electron chi connectivity index (χ0n) is 11.3. The summed E-state index contributed by atoms with van der Waals surface area (Å²) < 4.78 is 5.47. The summed E-state index contributed by atoms with van der Waals surface area (Å²) in [5.74, 6) is 0.481. The molecule has 3 heterocycles. The molecule has 104 valence electrons. The number of nitrogens with two attached hydrogens (primary N) is 1. The van der Waals surface area contributed by atoms with E-state index >= 15 is 0 Å². The third kappa shape index (κ3) is 1.98. The molecule has 3 N–H and O–H groups in total. The van der Waals surface area contributed by atoms with Crippen molar-refractivity contribution in [3.63, 3.8) is 0 Å². The quantitative estimate of drug-likeness (QED) is 0.755. The minimum Gasteiger partial charge on any atom is -0.382 e. The van der Waals surface area contributed by atoms with Gasteiger partial charge in [0.25, 0.3) is 0 Å². The molecule has 0 atom stereocenters. The van der Waals surface area contributed by atoms with Gasteiger partial charge in [-0.05, 0) is 23.3 Å². The summed E-state index contributed by atoms with van der Waals surface area (Å²) in [5.41, 5.74) is 12.3. The minimum absolute atomic E-state index is 0.481. The molecule has 0 fully saturated rings. The number of pyridine rings is 1. The second-order valence-electron chi connectivity index (χ2n) is 5.08. The minimum atomic E-state index is 0.481. The van der Waals surface area contributed by atoms with E-state index in [1.165, 1.54) is 11.1 Å². The number of anilines is 1. The Kier molecular flexibility index (Phi) is 2.72. The van der Waals surface area contributed by atoms with Crippen LogP contribution in [0.5, 0.6) is 0 Å². The topological polar surface area (TPSA) is 76.8 Å². The molecule has 1 aliphatic heterocycles. The first-order valence-corrected chi connectivity index (χ1v) is 6.77. The van der Waals surface area contributed by atoms with Crippen molar-refractivity contribution in [3.05, 3.63) is 53.9 Å². The van der Waals surface area contributed by atoms with E-state index in [-0.39, 0.29) is 0 Å². The zero-order valence-corrected chi connectivity index (χ0v) is 11.3. The maximum Gasteiger partial charge on any atom is 0.153 e. The van der Waals surface area contributed by atoms with E-state index < -0.39 is 0 Å². The first-order chi connectivity index (χ1) is 10.3. The van der Waals surface area contributed by atoms with Gasteiger partial charge in [0.2, 0.25) is 0 Å². The fourth-order valence-electron chi connectivity index (χ4n) is 2.70. The van der Waals surface area contributed by atoms with Gasteiger partial charge >= 0.3 is 0 Å². The van der Waals surface area contributed by atoms with Gasteiger partial charge in [-0.15, -0.1) is 0 Å². The first-order valence-electron chi connectivity index (χ1n) is 6.77. The highest BCUT2D eigenvalue weighted by Gasteiger charge is 2.17. The van der Waals surface area contributed by atoms with Gasteiger partial charge in [0, 0.05) is 23.5 Å². The summed E-state index contributed by atoms with van der Waals surface area (Å²) in [4.78, 5) is 4.16. The average molecular weight is 278 g/mol. The van der Waals surface area contributed by atoms with Crippen LogP contribution in [-0.2, 0) is 18.0 Å². The van der Waals surface area contributed by atoms with E-state index in [4.69, 9.17) is 10.5 Å². The number of hydrogen-bond acceptors (Lipinski definition) is 4. The third-order valence-electron chi connectivity index (χ3n) is 3.75. The van der Waals surface area contributed by atoms with Crippen LogP contribution in [0.3, 0.4) is 0 Å². The average Bonchev–Trinajstić information content (AvgIpc) is 3.13. The zero-order chi connectivity index (χ0) is 14.2. The maximum atomic E-state index is 6.03. The van der Waals surface area contributed by atoms with Crippen LogP contribution < -0.4 is 5.73 Å². The summed E-state index contributed by atoms with van der Waals surface area (Å²) >= 11 is 0. The van der Waals surface area contributed by atoms with Crippen LogP contribution in [0.2, 0.25) is 0 Å². The molecule has 5 nitrogen and oxygen atoms in total. The van der Waals surface area contributed by atoms with Crippen molar-refractivity contribution in [2.45, 2.75) is 13.2 Å². The molecular weight excluding hydrogens is 264 g/mol. The van der Waals surface area contributed by atoms with Gasteiger partial charge in [-0.25, -0.2) is 0 Å². The molecule has 0 saturated heterocycles. The lowest BCUT2D eigenvalue weighted by atomic mass is 9.99. The van der Waals surface area contributed by atoms with Gasteiger partial charge in [-0.3, -0.25) is 10.1 Å². The van der Waals surface area contributed by atoms with Gasteiger partial charge in [-0.1, -0.05) is 18.2 Å². The summed E-state index contributed by atoms with van der Waals surface area (Å²) in [7, 11) is 0. The Hall–Kier alpha value is -2.66. The maximum absolute atomic E-state index is 6.03. The highest BCUT2D eigenvalue weighted by Crippen LogP contribution is 2.35. The molecule has 0 aliphatic carbocycles. The van der Waals surface area contributed by atoms with Crippen molar-refractivity contribution in [2.24, 2.45) is 0 Å². The van der Waals surface area contributed by atoms with Gasteiger partial charge in [0.1, 0.15) is 0 Å². The van der Waals surface area contributed by atoms with Gasteiger partial charge < -0.3 is 10.5 Å². The Bertz CT molecular complexity index is 795. The van der Waals surface area contributed by atoms with Crippen molar-refractivity contribution in [3.8, 4) is 22.4 Å². The number of H-pyrrole nitrogens is 1. The molecule has 4 rings (SSSR count). The Morgan fingerprint density at radius 2 is 2.00 bits per heavy atom. The fraction of sp³-hybridized carbons (Fsp3) is 0.125. The number of aromatic amines is 1. The Balaban J connectivity index is 1.87. The molecule has 0 radical (unpaired) electrons. The van der Waals surface area contributed by atoms with Crippen LogP contribution in [-0.4, -0.2) is 15.2 Å². The number of rotatable bonds is 2. The lowest BCUT2D eigenvalue weighted by Crippen LogP contribution is -1.90. The second-order valence-corrected chi connectivity index (χ2v) is 5.08. The van der Waals surface area contributed by atoms with Crippen molar-refractivity contribution in [1.29, 1.82) is 0 Å². The number of aromatic nitrogens is 3. The normalized spacial score (nSPS) is 13.3. The standard InChI is InChI=1S/C16H14N4O/c17-16-14(11-2-1-5-18-7-11)15(19-20-16)10-3-4-12-8-21-9-13(12)6-10/h1-7H,8-9H2,(H3,17,19,20). The SMILES string of the molecule is Nc1n[nH]c(-c2ccc3c(c2)COC3)c1-c1cccnc1. The summed E-state index contributed by atoms with van der Waals surface area (Å²) in [6.07, 6.45) is 3.54. The number of ether oxygens (including phenoxy) is 1. The first kappa shape index (κ1) is 12.1. The highest BCUT2D eigenvalue weighted by molar-refractivity contribution is 5.87. The monoisotopic (exact) mass is 278 g/mol. The molecule has 2 aromatic heterocycles. The molecule has 3 aromatic rings. The van der Waals surface area contributed by atoms with Crippen LogP contribution in [0, 0.1) is 0 Å². The lowest BCUT2D eigenvalue weighted by molar-refractivity contribution is 0.134. The summed E-state index contributed by atoms with van der Waals surface area (Å²) in [6.45, 7) is 1.35. The molecule has 0 unspecified atom stereocenters. The van der Waals surface area contributed by atoms with E-state index in [0.717, 1.165) is 22.4 Å². The van der Waals surface area contributed by atoms with Crippen molar-refractivity contribution in [1.82, 2.24) is 15.2 Å². The predicted octanol–water partition coefficient (Wildman–Crippen LogP) is 2.75. The molecule has 0 spiro atoms. The van der Waals surface area contributed by atoms with Crippen LogP contribution in [0.1, 0.15) is 11.1 Å². The van der Waals surface area contributed by atoms with E-state index in [0.29, 0.717) is 19.0 Å². The van der Waals surface area contributed by atoms with E-state index in [9.17, 15) is 0 Å². The molecule has 1 aromatic carbocycles. The van der Waals surface area contributed by atoms with Crippen molar-refractivity contribution in [2.75, 3.05) is 5.73 Å². The fourth-order valence-corrected chi connectivity index (χ4v) is 2.70. The second kappa shape index (κ2) is 4.71. The van der Waals surface area contributed by atoms with E-state index in [1.807, 2.05) is 12.1 Å². The van der Waals surface area contributed by atoms with Crippen LogP contribution in [0.15, 0.2) is 42.7 Å². The number of nitrogen functional groups attached to an aromatic ring is 1. The highest BCUT2D eigenvalue weighted by atomic mass is 16.5. The molecule has 1 aliphatic rings. The van der Waals surface area contributed by atoms with Crippen LogP contribution >= 0.6 is 0 Å². The Labute approximate surface area is 121 Å². The van der Waals surface area contributed by atoms with Gasteiger partial charge in [0.05, 0.1) is 24.5 Å². The molecule has 0 bridgehead atoms. The Morgan fingerprint density at radius 3 is 2.86 bits per heavy atom. The lowest BCUT2D eigenvalue weighted by Gasteiger charge is -2.06. The number of nitrogens with one attached hydrogen (secondary N) is 1. The van der Waals surface area contributed by atoms with Crippen LogP contribution in [0.4, 0.5) is 5.82 Å². The number of benzene rings is 1. The molecule has 0 saturated carbocycles. The molecule has 0 amide bonds. The van der Waals surface area contributed by atoms with Crippen molar-refractivity contribution < 1.29 is 4.74 Å². The largest absolute Gasteiger partial charge is 0.382 e. The number of nitrogens with zero attached hydrogens (tertiary/aromatic N) is 2. The van der Waals surface area contributed by atoms with Gasteiger partial charge in [-0.2, -0.15) is 5.10 Å². The van der Waals surface area contributed by atoms with Gasteiger partial charge in [0.15, 0.2) is 5.82 Å². The van der Waals surface area contributed by atoms with E-state index in [1.54, 1.807) is 12.4 Å². The third-order valence-corrected chi connectivity index (χ3v) is 3.75. The smallest absolute Gasteiger partial charge is 0.153 e. The predicted molar refractivity (Wildman–Crippen MR) is 80.2 cm³/mol. The molecule has 5 heteroatoms. The summed E-state index contributed by atoms with van der Waals surface area (Å²) in [5, 5.41) is 7.19. The molecule has 21 heavy (non-hydrogen) atoms. The summed E-state index contributed by atoms with van der Waals surface area (Å²) in [6, 6.07) is 10.2. The molecular formula is C16H14N4O. The van der Waals surface area contributed by atoms with E-state index in [2.05, 4.69) is 33.4 Å². The van der Waals surface area contributed by atoms with Crippen LogP contribution in [0.25, 0.3) is 22.4 Å². The number of fused-ring (bicyclic) bond motifs is 1. The van der Waals surface area contributed by atoms with Crippen molar-refractivity contribution >= 4 is 5.82 Å². The Morgan fingerprint density at radius 1 is 1.10 bits per heavy atom.